The third kappa shape index (κ3) is 4.29. The van der Waals surface area contributed by atoms with Crippen LogP contribution in [0.3, 0.4) is 0 Å². The van der Waals surface area contributed by atoms with Gasteiger partial charge in [0.05, 0.1) is 22.5 Å². The molecule has 0 aromatic carbocycles. The Morgan fingerprint density at radius 3 is 2.19 bits per heavy atom. The minimum absolute atomic E-state index is 0.0275. The van der Waals surface area contributed by atoms with Crippen molar-refractivity contribution in [3.8, 4) is 11.4 Å². The van der Waals surface area contributed by atoms with E-state index in [0.717, 1.165) is 6.07 Å². The molecule has 0 aliphatic carbocycles. The molecule has 0 spiro atoms. The largest absolute Gasteiger partial charge is 0.419 e. The normalized spacial score (nSPS) is 12.2. The molecule has 0 amide bonds. The van der Waals surface area contributed by atoms with Gasteiger partial charge in [0.1, 0.15) is 5.69 Å². The maximum atomic E-state index is 13.5. The number of hydrogen-bond donors (Lipinski definition) is 1. The number of nitrogens with zero attached hydrogens (tertiary/aromatic N) is 5. The van der Waals surface area contributed by atoms with E-state index < -0.39 is 23.5 Å². The lowest BCUT2D eigenvalue weighted by Gasteiger charge is -2.13. The number of hydrogen-bond acceptors (Lipinski definition) is 6. The maximum absolute atomic E-state index is 13.5. The SMILES string of the molecule is Cc1cnc(-c2ccc3c(Nc4ncc(C(F)(F)F)cn4)ccnc3n2)c(C(F)(F)F)c1. The van der Waals surface area contributed by atoms with Gasteiger partial charge in [-0.1, -0.05) is 0 Å². The van der Waals surface area contributed by atoms with Crippen molar-refractivity contribution in [2.24, 2.45) is 0 Å². The average Bonchev–Trinajstić information content (AvgIpc) is 2.73. The smallest absolute Gasteiger partial charge is 0.323 e. The van der Waals surface area contributed by atoms with E-state index in [2.05, 4.69) is 30.2 Å². The van der Waals surface area contributed by atoms with Crippen molar-refractivity contribution in [3.63, 3.8) is 0 Å². The third-order valence-electron chi connectivity index (χ3n) is 4.40. The molecule has 1 N–H and O–H groups in total. The van der Waals surface area contributed by atoms with Gasteiger partial charge < -0.3 is 5.32 Å². The molecule has 0 fully saturated rings. The molecule has 0 aliphatic heterocycles. The number of alkyl halides is 6. The predicted molar refractivity (Wildman–Crippen MR) is 103 cm³/mol. The molecular weight excluding hydrogens is 438 g/mol. The fraction of sp³-hybridized carbons (Fsp3) is 0.150. The molecule has 0 aliphatic rings. The van der Waals surface area contributed by atoms with Crippen LogP contribution in [0.25, 0.3) is 22.4 Å². The summed E-state index contributed by atoms with van der Waals surface area (Å²) in [7, 11) is 0. The minimum atomic E-state index is -4.62. The van der Waals surface area contributed by atoms with Crippen LogP contribution in [0.5, 0.6) is 0 Å². The van der Waals surface area contributed by atoms with Gasteiger partial charge in [0.2, 0.25) is 5.95 Å². The molecule has 164 valence electrons. The lowest BCUT2D eigenvalue weighted by Crippen LogP contribution is -2.09. The second-order valence-corrected chi connectivity index (χ2v) is 6.75. The molecule has 0 saturated carbocycles. The van der Waals surface area contributed by atoms with Gasteiger partial charge in [-0.15, -0.1) is 0 Å². The Bertz CT molecular complexity index is 1280. The van der Waals surface area contributed by atoms with E-state index in [0.29, 0.717) is 29.0 Å². The first-order valence-corrected chi connectivity index (χ1v) is 8.98. The van der Waals surface area contributed by atoms with Gasteiger partial charge >= 0.3 is 12.4 Å². The number of fused-ring (bicyclic) bond motifs is 1. The fourth-order valence-corrected chi connectivity index (χ4v) is 2.92. The van der Waals surface area contributed by atoms with E-state index in [1.807, 2.05) is 0 Å². The zero-order valence-electron chi connectivity index (χ0n) is 16.1. The standard InChI is InChI=1S/C20H12F6N6/c1-10-6-13(20(24,25)26)16(28-7-10)15-3-2-12-14(4-5-27-17(12)31-15)32-18-29-8-11(9-30-18)19(21,22)23/h2-9H,1H3,(H,27,29,30,31,32). The van der Waals surface area contributed by atoms with E-state index in [1.54, 1.807) is 0 Å². The van der Waals surface area contributed by atoms with Crippen LogP contribution >= 0.6 is 0 Å². The molecule has 4 heterocycles. The number of aromatic nitrogens is 5. The van der Waals surface area contributed by atoms with Gasteiger partial charge in [-0.25, -0.2) is 19.9 Å². The quantitative estimate of drug-likeness (QED) is 0.411. The van der Waals surface area contributed by atoms with Gasteiger partial charge in [-0.05, 0) is 36.8 Å². The van der Waals surface area contributed by atoms with Crippen LogP contribution in [0, 0.1) is 6.92 Å². The highest BCUT2D eigenvalue weighted by Crippen LogP contribution is 2.36. The van der Waals surface area contributed by atoms with Gasteiger partial charge in [-0.3, -0.25) is 4.98 Å². The van der Waals surface area contributed by atoms with E-state index in [-0.39, 0.29) is 23.0 Å². The van der Waals surface area contributed by atoms with Crippen molar-refractivity contribution in [2.45, 2.75) is 19.3 Å². The average molecular weight is 450 g/mol. The maximum Gasteiger partial charge on any atom is 0.419 e. The van der Waals surface area contributed by atoms with Crippen LogP contribution in [0.1, 0.15) is 16.7 Å². The molecule has 0 radical (unpaired) electrons. The van der Waals surface area contributed by atoms with Gasteiger partial charge in [-0.2, -0.15) is 26.3 Å². The van der Waals surface area contributed by atoms with Gasteiger partial charge in [0.25, 0.3) is 0 Å². The Morgan fingerprint density at radius 1 is 0.812 bits per heavy atom. The molecule has 6 nitrogen and oxygen atoms in total. The van der Waals surface area contributed by atoms with Crippen molar-refractivity contribution in [2.75, 3.05) is 5.32 Å². The van der Waals surface area contributed by atoms with Crippen molar-refractivity contribution < 1.29 is 26.3 Å². The second kappa shape index (κ2) is 7.70. The van der Waals surface area contributed by atoms with E-state index in [4.69, 9.17) is 0 Å². The van der Waals surface area contributed by atoms with Crippen molar-refractivity contribution in [1.82, 2.24) is 24.9 Å². The summed E-state index contributed by atoms with van der Waals surface area (Å²) in [4.78, 5) is 19.5. The minimum Gasteiger partial charge on any atom is -0.323 e. The summed E-state index contributed by atoms with van der Waals surface area (Å²) in [6.07, 6.45) is -5.26. The molecule has 4 rings (SSSR count). The van der Waals surface area contributed by atoms with Crippen LogP contribution in [0.4, 0.5) is 38.0 Å². The highest BCUT2D eigenvalue weighted by atomic mass is 19.4. The highest BCUT2D eigenvalue weighted by Gasteiger charge is 2.35. The van der Waals surface area contributed by atoms with Crippen molar-refractivity contribution in [1.29, 1.82) is 0 Å². The number of halogens is 6. The van der Waals surface area contributed by atoms with Crippen molar-refractivity contribution in [3.05, 3.63) is 65.7 Å². The summed E-state index contributed by atoms with van der Waals surface area (Å²) in [5.41, 5.74) is -1.46. The predicted octanol–water partition coefficient (Wildman–Crippen LogP) is 5.57. The van der Waals surface area contributed by atoms with Crippen LogP contribution in [-0.4, -0.2) is 24.9 Å². The summed E-state index contributed by atoms with van der Waals surface area (Å²) in [5.74, 6) is -0.103. The number of anilines is 2. The zero-order chi connectivity index (χ0) is 23.1. The second-order valence-electron chi connectivity index (χ2n) is 6.75. The van der Waals surface area contributed by atoms with Crippen molar-refractivity contribution >= 4 is 22.7 Å². The Morgan fingerprint density at radius 2 is 1.53 bits per heavy atom. The number of nitrogens with one attached hydrogen (secondary N) is 1. The molecule has 0 saturated heterocycles. The number of aryl methyl sites for hydroxylation is 1. The van der Waals surface area contributed by atoms with E-state index in [1.165, 1.54) is 37.5 Å². The lowest BCUT2D eigenvalue weighted by molar-refractivity contribution is -0.138. The number of rotatable bonds is 3. The van der Waals surface area contributed by atoms with E-state index >= 15 is 0 Å². The molecule has 0 atom stereocenters. The van der Waals surface area contributed by atoms with Crippen LogP contribution in [0.2, 0.25) is 0 Å². The fourth-order valence-electron chi connectivity index (χ4n) is 2.92. The van der Waals surface area contributed by atoms with Gasteiger partial charge in [0, 0.05) is 30.2 Å². The topological polar surface area (TPSA) is 76.5 Å². The first-order valence-electron chi connectivity index (χ1n) is 8.98. The highest BCUT2D eigenvalue weighted by molar-refractivity contribution is 5.91. The van der Waals surface area contributed by atoms with Crippen LogP contribution in [0.15, 0.2) is 49.1 Å². The summed E-state index contributed by atoms with van der Waals surface area (Å²) in [6.45, 7) is 1.50. The Labute approximate surface area is 176 Å². The summed E-state index contributed by atoms with van der Waals surface area (Å²) >= 11 is 0. The summed E-state index contributed by atoms with van der Waals surface area (Å²) in [5, 5.41) is 3.17. The van der Waals surface area contributed by atoms with Crippen LogP contribution in [-0.2, 0) is 12.4 Å². The molecule has 32 heavy (non-hydrogen) atoms. The lowest BCUT2D eigenvalue weighted by atomic mass is 10.1. The van der Waals surface area contributed by atoms with Crippen LogP contribution < -0.4 is 5.32 Å². The Balaban J connectivity index is 1.71. The molecule has 4 aromatic heterocycles. The first-order chi connectivity index (χ1) is 15.0. The Hall–Kier alpha value is -3.83. The third-order valence-corrected chi connectivity index (χ3v) is 4.40. The van der Waals surface area contributed by atoms with E-state index in [9.17, 15) is 26.3 Å². The summed E-state index contributed by atoms with van der Waals surface area (Å²) in [6, 6.07) is 5.34. The monoisotopic (exact) mass is 450 g/mol. The zero-order valence-corrected chi connectivity index (χ0v) is 16.1. The van der Waals surface area contributed by atoms with Gasteiger partial charge in [0.15, 0.2) is 5.65 Å². The molecule has 0 unspecified atom stereocenters. The molecule has 0 bridgehead atoms. The Kier molecular flexibility index (Phi) is 5.15. The molecule has 4 aromatic rings. The molecular formula is C20H12F6N6. The summed E-state index contributed by atoms with van der Waals surface area (Å²) < 4.78 is 78.4. The molecule has 12 heteroatoms. The number of pyridine rings is 3. The first kappa shape index (κ1) is 21.4.